The van der Waals surface area contributed by atoms with E-state index in [9.17, 15) is 9.59 Å². The van der Waals surface area contributed by atoms with Crippen molar-refractivity contribution in [1.29, 1.82) is 0 Å². The van der Waals surface area contributed by atoms with Gasteiger partial charge in [0.25, 0.3) is 0 Å². The third-order valence-electron chi connectivity index (χ3n) is 5.06. The van der Waals surface area contributed by atoms with Crippen LogP contribution >= 0.6 is 11.3 Å². The molecular formula is C21H24N4O3S. The van der Waals surface area contributed by atoms with Crippen LogP contribution in [0.5, 0.6) is 0 Å². The van der Waals surface area contributed by atoms with Crippen molar-refractivity contribution in [1.82, 2.24) is 15.3 Å². The van der Waals surface area contributed by atoms with Gasteiger partial charge in [0.1, 0.15) is 6.04 Å². The molecule has 1 atom stereocenters. The van der Waals surface area contributed by atoms with E-state index < -0.39 is 12.1 Å². The average Bonchev–Trinajstić information content (AvgIpc) is 3.31. The van der Waals surface area contributed by atoms with Crippen molar-refractivity contribution in [3.8, 4) is 0 Å². The highest BCUT2D eigenvalue weighted by molar-refractivity contribution is 7.15. The lowest BCUT2D eigenvalue weighted by molar-refractivity contribution is -0.118. The standard InChI is InChI=1S/C21H24N4O3S/c1-2-28-21(27)24-17(11-13-12-22-15-8-4-3-7-14(13)15)19(26)25-20-23-16-9-5-6-10-18(16)29-20/h3-4,7-8,12,17,22H,2,5-6,9-11H2,1H3,(H,24,27)(H,23,25,26)/t17-/m1/s1. The Morgan fingerprint density at radius 1 is 1.28 bits per heavy atom. The maximum atomic E-state index is 13.0. The Kier molecular flexibility index (Phi) is 5.80. The number of fused-ring (bicyclic) bond motifs is 2. The molecule has 0 fully saturated rings. The van der Waals surface area contributed by atoms with Gasteiger partial charge in [0.2, 0.25) is 5.91 Å². The number of alkyl carbamates (subject to hydrolysis) is 1. The van der Waals surface area contributed by atoms with Crippen LogP contribution in [0.1, 0.15) is 35.9 Å². The number of thiazole rings is 1. The smallest absolute Gasteiger partial charge is 0.407 e. The zero-order valence-electron chi connectivity index (χ0n) is 16.3. The number of aryl methyl sites for hydroxylation is 2. The van der Waals surface area contributed by atoms with Gasteiger partial charge in [0, 0.05) is 28.4 Å². The molecule has 2 heterocycles. The summed E-state index contributed by atoms with van der Waals surface area (Å²) in [5.74, 6) is -0.297. The van der Waals surface area contributed by atoms with Crippen molar-refractivity contribution in [2.75, 3.05) is 11.9 Å². The second-order valence-electron chi connectivity index (χ2n) is 7.07. The molecule has 8 heteroatoms. The minimum Gasteiger partial charge on any atom is -0.450 e. The Bertz CT molecular complexity index is 1000. The van der Waals surface area contributed by atoms with E-state index in [1.807, 2.05) is 30.5 Å². The van der Waals surface area contributed by atoms with E-state index in [2.05, 4.69) is 20.6 Å². The first kappa shape index (κ1) is 19.4. The lowest BCUT2D eigenvalue weighted by Gasteiger charge is -2.17. The van der Waals surface area contributed by atoms with Gasteiger partial charge in [-0.05, 0) is 44.2 Å². The number of carbonyl (C=O) groups excluding carboxylic acids is 2. The number of anilines is 1. The molecule has 152 valence electrons. The molecule has 3 N–H and O–H groups in total. The van der Waals surface area contributed by atoms with Crippen molar-refractivity contribution >= 4 is 39.4 Å². The quantitative estimate of drug-likeness (QED) is 0.574. The van der Waals surface area contributed by atoms with Gasteiger partial charge >= 0.3 is 6.09 Å². The summed E-state index contributed by atoms with van der Waals surface area (Å²) in [6.07, 6.45) is 5.89. The van der Waals surface area contributed by atoms with E-state index in [-0.39, 0.29) is 12.5 Å². The maximum Gasteiger partial charge on any atom is 0.407 e. The number of hydrogen-bond donors (Lipinski definition) is 3. The first-order valence-corrected chi connectivity index (χ1v) is 10.7. The topological polar surface area (TPSA) is 96.1 Å². The molecule has 1 aliphatic rings. The third-order valence-corrected chi connectivity index (χ3v) is 6.13. The lowest BCUT2D eigenvalue weighted by Crippen LogP contribution is -2.45. The highest BCUT2D eigenvalue weighted by atomic mass is 32.1. The molecule has 0 aliphatic heterocycles. The number of ether oxygens (including phenoxy) is 1. The van der Waals surface area contributed by atoms with Crippen LogP contribution < -0.4 is 10.6 Å². The molecule has 3 aromatic rings. The van der Waals surface area contributed by atoms with Crippen molar-refractivity contribution in [3.63, 3.8) is 0 Å². The number of aromatic amines is 1. The van der Waals surface area contributed by atoms with E-state index >= 15 is 0 Å². The summed E-state index contributed by atoms with van der Waals surface area (Å²) in [7, 11) is 0. The summed E-state index contributed by atoms with van der Waals surface area (Å²) in [5.41, 5.74) is 3.03. The Morgan fingerprint density at radius 3 is 2.93 bits per heavy atom. The molecule has 4 rings (SSSR count). The van der Waals surface area contributed by atoms with Crippen LogP contribution in [0, 0.1) is 0 Å². The molecule has 2 aromatic heterocycles. The van der Waals surface area contributed by atoms with Crippen LogP contribution in [0.15, 0.2) is 30.5 Å². The molecule has 2 amide bonds. The SMILES string of the molecule is CCOC(=O)N[C@H](Cc1c[nH]c2ccccc12)C(=O)Nc1nc2c(s1)CCCC2. The largest absolute Gasteiger partial charge is 0.450 e. The maximum absolute atomic E-state index is 13.0. The predicted octanol–water partition coefficient (Wildman–Crippen LogP) is 3.80. The predicted molar refractivity (Wildman–Crippen MR) is 113 cm³/mol. The molecule has 7 nitrogen and oxygen atoms in total. The number of nitrogens with one attached hydrogen (secondary N) is 3. The van der Waals surface area contributed by atoms with E-state index in [1.54, 1.807) is 6.92 Å². The van der Waals surface area contributed by atoms with Gasteiger partial charge in [0.15, 0.2) is 5.13 Å². The summed E-state index contributed by atoms with van der Waals surface area (Å²) < 4.78 is 4.99. The van der Waals surface area contributed by atoms with Crippen molar-refractivity contribution in [3.05, 3.63) is 46.6 Å². The van der Waals surface area contributed by atoms with Gasteiger partial charge in [-0.15, -0.1) is 11.3 Å². The molecule has 1 aliphatic carbocycles. The second-order valence-corrected chi connectivity index (χ2v) is 8.15. The van der Waals surface area contributed by atoms with E-state index in [1.165, 1.54) is 16.2 Å². The molecule has 0 saturated heterocycles. The summed E-state index contributed by atoms with van der Waals surface area (Å²) in [6.45, 7) is 1.97. The van der Waals surface area contributed by atoms with Gasteiger partial charge < -0.3 is 20.4 Å². The highest BCUT2D eigenvalue weighted by Gasteiger charge is 2.25. The minimum atomic E-state index is -0.769. The number of nitrogens with zero attached hydrogens (tertiary/aromatic N) is 1. The summed E-state index contributed by atoms with van der Waals surface area (Å²) in [4.78, 5) is 34.1. The van der Waals surface area contributed by atoms with Gasteiger partial charge in [-0.25, -0.2) is 9.78 Å². The molecule has 29 heavy (non-hydrogen) atoms. The Labute approximate surface area is 172 Å². The van der Waals surface area contributed by atoms with Crippen LogP contribution in [-0.2, 0) is 28.8 Å². The fraction of sp³-hybridized carbons (Fsp3) is 0.381. The van der Waals surface area contributed by atoms with Crippen LogP contribution in [0.25, 0.3) is 10.9 Å². The van der Waals surface area contributed by atoms with Gasteiger partial charge in [0.05, 0.1) is 12.3 Å². The molecule has 0 bridgehead atoms. The number of aromatic nitrogens is 2. The summed E-state index contributed by atoms with van der Waals surface area (Å²) in [6, 6.07) is 7.11. The zero-order valence-corrected chi connectivity index (χ0v) is 17.1. The van der Waals surface area contributed by atoms with Gasteiger partial charge in [-0.1, -0.05) is 18.2 Å². The van der Waals surface area contributed by atoms with E-state index in [0.29, 0.717) is 11.6 Å². The molecule has 0 radical (unpaired) electrons. The zero-order chi connectivity index (χ0) is 20.2. The first-order chi connectivity index (χ1) is 14.1. The molecular weight excluding hydrogens is 388 g/mol. The van der Waals surface area contributed by atoms with Gasteiger partial charge in [-0.2, -0.15) is 0 Å². The number of H-pyrrole nitrogens is 1. The minimum absolute atomic E-state index is 0.243. The Morgan fingerprint density at radius 2 is 2.10 bits per heavy atom. The molecule has 0 saturated carbocycles. The molecule has 0 unspecified atom stereocenters. The van der Waals surface area contributed by atoms with E-state index in [4.69, 9.17) is 4.74 Å². The fourth-order valence-electron chi connectivity index (χ4n) is 3.64. The van der Waals surface area contributed by atoms with E-state index in [0.717, 1.165) is 47.8 Å². The Hall–Kier alpha value is -2.87. The van der Waals surface area contributed by atoms with Crippen LogP contribution in [0.2, 0.25) is 0 Å². The highest BCUT2D eigenvalue weighted by Crippen LogP contribution is 2.29. The number of hydrogen-bond acceptors (Lipinski definition) is 5. The molecule has 0 spiro atoms. The average molecular weight is 413 g/mol. The number of para-hydroxylation sites is 1. The number of benzene rings is 1. The fourth-order valence-corrected chi connectivity index (χ4v) is 4.70. The van der Waals surface area contributed by atoms with Crippen molar-refractivity contribution in [2.45, 2.75) is 45.1 Å². The van der Waals surface area contributed by atoms with Crippen LogP contribution in [0.4, 0.5) is 9.93 Å². The number of rotatable bonds is 6. The van der Waals surface area contributed by atoms with Gasteiger partial charge in [-0.3, -0.25) is 4.79 Å². The lowest BCUT2D eigenvalue weighted by atomic mass is 10.0. The van der Waals surface area contributed by atoms with Crippen molar-refractivity contribution in [2.24, 2.45) is 0 Å². The Balaban J connectivity index is 1.53. The second kappa shape index (κ2) is 8.65. The number of amides is 2. The third kappa shape index (κ3) is 4.42. The monoisotopic (exact) mass is 412 g/mol. The normalized spacial score (nSPS) is 14.2. The number of carbonyl (C=O) groups is 2. The van der Waals surface area contributed by atoms with Crippen LogP contribution in [-0.4, -0.2) is 34.6 Å². The molecule has 1 aromatic carbocycles. The first-order valence-electron chi connectivity index (χ1n) is 9.91. The summed E-state index contributed by atoms with van der Waals surface area (Å²) >= 11 is 1.53. The van der Waals surface area contributed by atoms with Crippen LogP contribution in [0.3, 0.4) is 0 Å². The van der Waals surface area contributed by atoms with Crippen molar-refractivity contribution < 1.29 is 14.3 Å². The summed E-state index contributed by atoms with van der Waals surface area (Å²) in [5, 5.41) is 7.21.